The Balaban J connectivity index is 1.87. The fraction of sp³-hybridized carbons (Fsp3) is 0.529. The van der Waals surface area contributed by atoms with Gasteiger partial charge in [0.2, 0.25) is 11.8 Å². The average molecular weight is 336 g/mol. The summed E-state index contributed by atoms with van der Waals surface area (Å²) in [5.74, 6) is -0.433. The van der Waals surface area contributed by atoms with E-state index in [-0.39, 0.29) is 24.8 Å². The number of nitrogens with zero attached hydrogens (tertiary/aromatic N) is 1. The number of ether oxygens (including phenoxy) is 1. The smallest absolute Gasteiger partial charge is 0.225 e. The molecule has 4 atom stereocenters. The van der Waals surface area contributed by atoms with Crippen LogP contribution in [0.1, 0.15) is 18.9 Å². The van der Waals surface area contributed by atoms with Crippen molar-refractivity contribution in [1.82, 2.24) is 10.2 Å². The van der Waals surface area contributed by atoms with E-state index >= 15 is 0 Å². The highest BCUT2D eigenvalue weighted by molar-refractivity contribution is 5.76. The van der Waals surface area contributed by atoms with E-state index in [1.165, 1.54) is 6.92 Å². The lowest BCUT2D eigenvalue weighted by Crippen LogP contribution is -2.39. The monoisotopic (exact) mass is 336 g/mol. The molecule has 2 amide bonds. The molecule has 0 aromatic heterocycles. The van der Waals surface area contributed by atoms with Gasteiger partial charge in [-0.3, -0.25) is 9.59 Å². The van der Waals surface area contributed by atoms with Crippen LogP contribution in [0.4, 0.5) is 0 Å². The van der Waals surface area contributed by atoms with E-state index in [2.05, 4.69) is 5.32 Å². The Hall–Kier alpha value is -1.96. The van der Waals surface area contributed by atoms with Gasteiger partial charge in [0, 0.05) is 27.1 Å². The van der Waals surface area contributed by atoms with E-state index in [9.17, 15) is 19.8 Å². The Morgan fingerprint density at radius 3 is 2.42 bits per heavy atom. The lowest BCUT2D eigenvalue weighted by atomic mass is 10.0. The van der Waals surface area contributed by atoms with Crippen LogP contribution in [0.3, 0.4) is 0 Å². The highest BCUT2D eigenvalue weighted by Gasteiger charge is 2.43. The third kappa shape index (κ3) is 4.77. The highest BCUT2D eigenvalue weighted by atomic mass is 16.5. The molecule has 0 unspecified atom stereocenters. The molecule has 1 aliphatic rings. The van der Waals surface area contributed by atoms with Gasteiger partial charge in [-0.05, 0) is 5.56 Å². The predicted octanol–water partition coefficient (Wildman–Crippen LogP) is -0.340. The van der Waals surface area contributed by atoms with Crippen LogP contribution in [0, 0.1) is 0 Å². The minimum absolute atomic E-state index is 0.0296. The molecule has 0 aliphatic carbocycles. The summed E-state index contributed by atoms with van der Waals surface area (Å²) in [4.78, 5) is 24.8. The molecule has 24 heavy (non-hydrogen) atoms. The van der Waals surface area contributed by atoms with E-state index in [0.29, 0.717) is 6.54 Å². The van der Waals surface area contributed by atoms with Crippen molar-refractivity contribution in [3.8, 4) is 0 Å². The molecule has 3 N–H and O–H groups in total. The molecule has 1 aromatic rings. The molecule has 1 aliphatic heterocycles. The minimum Gasteiger partial charge on any atom is -0.388 e. The first-order valence-electron chi connectivity index (χ1n) is 7.92. The quantitative estimate of drug-likeness (QED) is 0.660. The third-order valence-corrected chi connectivity index (χ3v) is 4.08. The number of rotatable bonds is 6. The summed E-state index contributed by atoms with van der Waals surface area (Å²) in [6.07, 6.45) is -3.82. The topological polar surface area (TPSA) is 99.1 Å². The van der Waals surface area contributed by atoms with Crippen molar-refractivity contribution in [2.75, 3.05) is 13.6 Å². The highest BCUT2D eigenvalue weighted by Crippen LogP contribution is 2.24. The number of hydrogen-bond acceptors (Lipinski definition) is 5. The molecular weight excluding hydrogens is 312 g/mol. The van der Waals surface area contributed by atoms with Crippen LogP contribution in [0.25, 0.3) is 0 Å². The van der Waals surface area contributed by atoms with Crippen molar-refractivity contribution in [3.63, 3.8) is 0 Å². The number of amides is 2. The standard InChI is InChI=1S/C17H24N2O5/c1-11(20)18-9-14-17(23)16(22)13(24-14)8-15(21)19(2)10-12-6-4-3-5-7-12/h3-7,13-14,16-17,22-23H,8-10H2,1-2H3,(H,18,20)/t13-,14+,16-,17+/m0/s1. The largest absolute Gasteiger partial charge is 0.388 e. The first kappa shape index (κ1) is 18.4. The Kier molecular flexibility index (Phi) is 6.30. The summed E-state index contributed by atoms with van der Waals surface area (Å²) < 4.78 is 5.55. The number of carbonyl (C=O) groups is 2. The van der Waals surface area contributed by atoms with Crippen LogP contribution in [0.2, 0.25) is 0 Å². The normalized spacial score (nSPS) is 26.2. The van der Waals surface area contributed by atoms with Crippen molar-refractivity contribution in [3.05, 3.63) is 35.9 Å². The van der Waals surface area contributed by atoms with Gasteiger partial charge < -0.3 is 25.2 Å². The Bertz CT molecular complexity index is 565. The van der Waals surface area contributed by atoms with Crippen LogP contribution in [-0.4, -0.2) is 64.9 Å². The molecular formula is C17H24N2O5. The summed E-state index contributed by atoms with van der Waals surface area (Å²) in [5, 5.41) is 22.6. The first-order chi connectivity index (χ1) is 11.4. The SMILES string of the molecule is CC(=O)NC[C@H]1O[C@@H](CC(=O)N(C)Cc2ccccc2)[C@H](O)[C@@H]1O. The first-order valence-corrected chi connectivity index (χ1v) is 7.92. The zero-order valence-electron chi connectivity index (χ0n) is 13.9. The molecule has 1 heterocycles. The molecule has 1 saturated heterocycles. The van der Waals surface area contributed by atoms with Crippen LogP contribution in [-0.2, 0) is 20.9 Å². The van der Waals surface area contributed by atoms with Gasteiger partial charge in [0.05, 0.1) is 12.5 Å². The number of benzene rings is 1. The Morgan fingerprint density at radius 1 is 1.17 bits per heavy atom. The van der Waals surface area contributed by atoms with E-state index in [4.69, 9.17) is 4.74 Å². The molecule has 2 rings (SSSR count). The molecule has 7 heteroatoms. The number of nitrogens with one attached hydrogen (secondary N) is 1. The van der Waals surface area contributed by atoms with E-state index in [0.717, 1.165) is 5.56 Å². The van der Waals surface area contributed by atoms with Gasteiger partial charge >= 0.3 is 0 Å². The van der Waals surface area contributed by atoms with E-state index < -0.39 is 24.4 Å². The molecule has 0 radical (unpaired) electrons. The van der Waals surface area contributed by atoms with E-state index in [1.54, 1.807) is 11.9 Å². The van der Waals surface area contributed by atoms with Crippen molar-refractivity contribution >= 4 is 11.8 Å². The molecule has 1 fully saturated rings. The fourth-order valence-electron chi connectivity index (χ4n) is 2.68. The lowest BCUT2D eigenvalue weighted by Gasteiger charge is -2.21. The lowest BCUT2D eigenvalue weighted by molar-refractivity contribution is -0.134. The zero-order valence-corrected chi connectivity index (χ0v) is 13.9. The summed E-state index contributed by atoms with van der Waals surface area (Å²) in [6, 6.07) is 9.57. The second-order valence-corrected chi connectivity index (χ2v) is 6.07. The van der Waals surface area contributed by atoms with Crippen LogP contribution in [0.5, 0.6) is 0 Å². The molecule has 0 saturated carbocycles. The number of aliphatic hydroxyl groups excluding tert-OH is 2. The van der Waals surface area contributed by atoms with Gasteiger partial charge in [0.25, 0.3) is 0 Å². The molecule has 1 aromatic carbocycles. The zero-order chi connectivity index (χ0) is 17.7. The summed E-state index contributed by atoms with van der Waals surface area (Å²) >= 11 is 0. The summed E-state index contributed by atoms with van der Waals surface area (Å²) in [7, 11) is 1.68. The van der Waals surface area contributed by atoms with Gasteiger partial charge in [0.1, 0.15) is 18.3 Å². The third-order valence-electron chi connectivity index (χ3n) is 4.08. The second-order valence-electron chi connectivity index (χ2n) is 6.07. The minimum atomic E-state index is -1.15. The van der Waals surface area contributed by atoms with Crippen molar-refractivity contribution in [1.29, 1.82) is 0 Å². The van der Waals surface area contributed by atoms with Crippen molar-refractivity contribution in [2.24, 2.45) is 0 Å². The number of carbonyl (C=O) groups excluding carboxylic acids is 2. The molecule has 7 nitrogen and oxygen atoms in total. The number of hydrogen-bond donors (Lipinski definition) is 3. The van der Waals surface area contributed by atoms with Crippen molar-refractivity contribution in [2.45, 2.75) is 44.3 Å². The summed E-state index contributed by atoms with van der Waals surface area (Å²) in [6.45, 7) is 1.91. The maximum atomic E-state index is 12.3. The van der Waals surface area contributed by atoms with Crippen LogP contribution < -0.4 is 5.32 Å². The Morgan fingerprint density at radius 2 is 1.79 bits per heavy atom. The van der Waals surface area contributed by atoms with Gasteiger partial charge in [-0.2, -0.15) is 0 Å². The van der Waals surface area contributed by atoms with Crippen LogP contribution >= 0.6 is 0 Å². The van der Waals surface area contributed by atoms with E-state index in [1.807, 2.05) is 30.3 Å². The van der Waals surface area contributed by atoms with Gasteiger partial charge in [-0.25, -0.2) is 0 Å². The number of aliphatic hydroxyl groups is 2. The van der Waals surface area contributed by atoms with Gasteiger partial charge in [-0.1, -0.05) is 30.3 Å². The predicted molar refractivity (Wildman–Crippen MR) is 86.9 cm³/mol. The maximum absolute atomic E-state index is 12.3. The second kappa shape index (κ2) is 8.23. The maximum Gasteiger partial charge on any atom is 0.225 e. The summed E-state index contributed by atoms with van der Waals surface area (Å²) in [5.41, 5.74) is 1.00. The molecule has 0 bridgehead atoms. The molecule has 132 valence electrons. The average Bonchev–Trinajstić information content (AvgIpc) is 2.81. The fourth-order valence-corrected chi connectivity index (χ4v) is 2.68. The molecule has 0 spiro atoms. The van der Waals surface area contributed by atoms with Crippen LogP contribution in [0.15, 0.2) is 30.3 Å². The van der Waals surface area contributed by atoms with Gasteiger partial charge in [-0.15, -0.1) is 0 Å². The van der Waals surface area contributed by atoms with Gasteiger partial charge in [0.15, 0.2) is 0 Å². The Labute approximate surface area is 141 Å². The van der Waals surface area contributed by atoms with Crippen molar-refractivity contribution < 1.29 is 24.5 Å².